The van der Waals surface area contributed by atoms with E-state index in [9.17, 15) is 9.59 Å². The number of carbonyl (C=O) groups excluding carboxylic acids is 2. The van der Waals surface area contributed by atoms with Crippen molar-refractivity contribution in [1.82, 2.24) is 10.2 Å². The molecule has 1 aliphatic rings. The highest BCUT2D eigenvalue weighted by molar-refractivity contribution is 5.95. The first kappa shape index (κ1) is 25.4. The summed E-state index contributed by atoms with van der Waals surface area (Å²) in [5.74, 6) is -0.282. The van der Waals surface area contributed by atoms with Crippen molar-refractivity contribution in [3.63, 3.8) is 0 Å². The van der Waals surface area contributed by atoms with Gasteiger partial charge in [0.05, 0.1) is 17.8 Å². The molecule has 7 nitrogen and oxygen atoms in total. The largest absolute Gasteiger partial charge is 0.488 e. The molecule has 3 N–H and O–H groups in total. The highest BCUT2D eigenvalue weighted by Gasteiger charge is 2.22. The molecule has 7 heteroatoms. The molecule has 0 spiro atoms. The lowest BCUT2D eigenvalue weighted by Gasteiger charge is -2.35. The summed E-state index contributed by atoms with van der Waals surface area (Å²) in [5, 5.41) is 3.05. The molecule has 1 heterocycles. The number of hydrogen-bond donors (Lipinski definition) is 2. The SMILES string of the molecule is CC1CN(Cc2ccccc2CNC(=O)c2cccc(COc3ccccc3C(N)=O)c2)CC(C)O1. The Labute approximate surface area is 212 Å². The molecule has 2 amide bonds. The van der Waals surface area contributed by atoms with Gasteiger partial charge in [0, 0.05) is 31.7 Å². The number of nitrogens with one attached hydrogen (secondary N) is 1. The molecule has 1 aliphatic heterocycles. The van der Waals surface area contributed by atoms with E-state index < -0.39 is 5.91 Å². The summed E-state index contributed by atoms with van der Waals surface area (Å²) in [6.07, 6.45) is 0.419. The number of carbonyl (C=O) groups is 2. The minimum atomic E-state index is -0.545. The van der Waals surface area contributed by atoms with Gasteiger partial charge >= 0.3 is 0 Å². The molecule has 0 aromatic heterocycles. The first-order chi connectivity index (χ1) is 17.4. The van der Waals surface area contributed by atoms with Crippen LogP contribution in [0.5, 0.6) is 5.75 Å². The third kappa shape index (κ3) is 6.71. The number of hydrogen-bond acceptors (Lipinski definition) is 5. The second-order valence-electron chi connectivity index (χ2n) is 9.25. The Morgan fingerprint density at radius 2 is 1.67 bits per heavy atom. The smallest absolute Gasteiger partial charge is 0.252 e. The zero-order chi connectivity index (χ0) is 25.5. The number of amides is 2. The van der Waals surface area contributed by atoms with Crippen molar-refractivity contribution in [3.8, 4) is 5.75 Å². The molecule has 0 radical (unpaired) electrons. The quantitative estimate of drug-likeness (QED) is 0.477. The molecule has 3 aromatic rings. The normalized spacial score (nSPS) is 17.9. The third-order valence-electron chi connectivity index (χ3n) is 6.18. The summed E-state index contributed by atoms with van der Waals surface area (Å²) >= 11 is 0. The molecule has 188 valence electrons. The fourth-order valence-electron chi connectivity index (χ4n) is 4.58. The zero-order valence-corrected chi connectivity index (χ0v) is 20.8. The lowest BCUT2D eigenvalue weighted by Crippen LogP contribution is -2.45. The van der Waals surface area contributed by atoms with Gasteiger partial charge in [0.1, 0.15) is 12.4 Å². The van der Waals surface area contributed by atoms with Gasteiger partial charge in [0.2, 0.25) is 0 Å². The minimum absolute atomic E-state index is 0.155. The first-order valence-corrected chi connectivity index (χ1v) is 12.2. The lowest BCUT2D eigenvalue weighted by atomic mass is 10.1. The maximum absolute atomic E-state index is 12.9. The molecular weight excluding hydrogens is 454 g/mol. The van der Waals surface area contributed by atoms with Gasteiger partial charge in [-0.15, -0.1) is 0 Å². The average molecular weight is 488 g/mol. The predicted molar refractivity (Wildman–Crippen MR) is 139 cm³/mol. The van der Waals surface area contributed by atoms with Gasteiger partial charge in [-0.1, -0.05) is 48.5 Å². The van der Waals surface area contributed by atoms with Crippen molar-refractivity contribution in [3.05, 3.63) is 101 Å². The number of para-hydroxylation sites is 1. The molecule has 0 bridgehead atoms. The Morgan fingerprint density at radius 1 is 0.972 bits per heavy atom. The van der Waals surface area contributed by atoms with Gasteiger partial charge in [-0.05, 0) is 54.8 Å². The van der Waals surface area contributed by atoms with E-state index in [1.165, 1.54) is 5.56 Å². The van der Waals surface area contributed by atoms with Gasteiger partial charge in [0.25, 0.3) is 11.8 Å². The second-order valence-corrected chi connectivity index (χ2v) is 9.25. The van der Waals surface area contributed by atoms with Gasteiger partial charge in [-0.25, -0.2) is 0 Å². The van der Waals surface area contributed by atoms with Gasteiger partial charge in [-0.3, -0.25) is 14.5 Å². The van der Waals surface area contributed by atoms with E-state index in [-0.39, 0.29) is 24.7 Å². The van der Waals surface area contributed by atoms with E-state index in [4.69, 9.17) is 15.2 Å². The molecule has 1 saturated heterocycles. The number of ether oxygens (including phenoxy) is 2. The van der Waals surface area contributed by atoms with Crippen molar-refractivity contribution in [2.24, 2.45) is 5.73 Å². The van der Waals surface area contributed by atoms with Crippen LogP contribution >= 0.6 is 0 Å². The van der Waals surface area contributed by atoms with E-state index in [2.05, 4.69) is 36.2 Å². The van der Waals surface area contributed by atoms with Crippen LogP contribution in [0.1, 0.15) is 51.3 Å². The summed E-state index contributed by atoms with van der Waals surface area (Å²) < 4.78 is 11.7. The Bertz CT molecular complexity index is 1200. The van der Waals surface area contributed by atoms with Crippen LogP contribution < -0.4 is 15.8 Å². The van der Waals surface area contributed by atoms with Crippen molar-refractivity contribution >= 4 is 11.8 Å². The number of benzene rings is 3. The summed E-state index contributed by atoms with van der Waals surface area (Å²) in [6, 6.07) is 22.3. The van der Waals surface area contributed by atoms with E-state index >= 15 is 0 Å². The van der Waals surface area contributed by atoms with Crippen molar-refractivity contribution in [2.75, 3.05) is 13.1 Å². The molecule has 3 aromatic carbocycles. The second kappa shape index (κ2) is 11.8. The van der Waals surface area contributed by atoms with Crippen LogP contribution in [0.2, 0.25) is 0 Å². The topological polar surface area (TPSA) is 93.9 Å². The van der Waals surface area contributed by atoms with Crippen LogP contribution in [0.3, 0.4) is 0 Å². The summed E-state index contributed by atoms with van der Waals surface area (Å²) in [5.41, 5.74) is 9.42. The lowest BCUT2D eigenvalue weighted by molar-refractivity contribution is -0.0705. The molecule has 36 heavy (non-hydrogen) atoms. The predicted octanol–water partition coefficient (Wildman–Crippen LogP) is 3.90. The number of nitrogens with zero attached hydrogens (tertiary/aromatic N) is 1. The number of nitrogens with two attached hydrogens (primary N) is 1. The van der Waals surface area contributed by atoms with Crippen LogP contribution in [-0.4, -0.2) is 42.0 Å². The third-order valence-corrected chi connectivity index (χ3v) is 6.18. The monoisotopic (exact) mass is 487 g/mol. The van der Waals surface area contributed by atoms with Gasteiger partial charge in [0.15, 0.2) is 0 Å². The molecule has 0 saturated carbocycles. The fourth-order valence-corrected chi connectivity index (χ4v) is 4.58. The standard InChI is InChI=1S/C29H33N3O4/c1-20-16-32(17-21(2)36-20)18-25-10-4-3-9-24(25)15-31-29(34)23-11-7-8-22(14-23)19-35-27-13-6-5-12-26(27)28(30)33/h3-14,20-21H,15-19H2,1-2H3,(H2,30,33)(H,31,34). The number of primary amides is 1. The van der Waals surface area contributed by atoms with Crippen LogP contribution in [0, 0.1) is 0 Å². The Hall–Kier alpha value is -3.68. The fraction of sp³-hybridized carbons (Fsp3) is 0.310. The number of rotatable bonds is 9. The highest BCUT2D eigenvalue weighted by atomic mass is 16.5. The van der Waals surface area contributed by atoms with Crippen LogP contribution in [0.15, 0.2) is 72.8 Å². The van der Waals surface area contributed by atoms with E-state index in [1.807, 2.05) is 24.3 Å². The summed E-state index contributed by atoms with van der Waals surface area (Å²) in [7, 11) is 0. The van der Waals surface area contributed by atoms with Gasteiger partial charge in [-0.2, -0.15) is 0 Å². The maximum atomic E-state index is 12.9. The average Bonchev–Trinajstić information content (AvgIpc) is 2.86. The minimum Gasteiger partial charge on any atom is -0.488 e. The summed E-state index contributed by atoms with van der Waals surface area (Å²) in [6.45, 7) is 7.47. The maximum Gasteiger partial charge on any atom is 0.252 e. The number of morpholine rings is 1. The molecule has 4 rings (SSSR count). The molecule has 0 aliphatic carbocycles. The van der Waals surface area contributed by atoms with E-state index in [0.29, 0.717) is 23.4 Å². The van der Waals surface area contributed by atoms with Crippen LogP contribution in [-0.2, 0) is 24.4 Å². The summed E-state index contributed by atoms with van der Waals surface area (Å²) in [4.78, 5) is 26.9. The Morgan fingerprint density at radius 3 is 2.42 bits per heavy atom. The molecule has 2 atom stereocenters. The molecule has 2 unspecified atom stereocenters. The molecule has 1 fully saturated rings. The highest BCUT2D eigenvalue weighted by Crippen LogP contribution is 2.20. The molecular formula is C29H33N3O4. The van der Waals surface area contributed by atoms with Crippen LogP contribution in [0.4, 0.5) is 0 Å². The van der Waals surface area contributed by atoms with Crippen LogP contribution in [0.25, 0.3) is 0 Å². The van der Waals surface area contributed by atoms with Crippen molar-refractivity contribution in [1.29, 1.82) is 0 Å². The first-order valence-electron chi connectivity index (χ1n) is 12.2. The van der Waals surface area contributed by atoms with Crippen molar-refractivity contribution in [2.45, 2.75) is 45.8 Å². The zero-order valence-electron chi connectivity index (χ0n) is 20.8. The Kier molecular flexibility index (Phi) is 8.36. The van der Waals surface area contributed by atoms with E-state index in [1.54, 1.807) is 36.4 Å². The van der Waals surface area contributed by atoms with Gasteiger partial charge < -0.3 is 20.5 Å². The van der Waals surface area contributed by atoms with Crippen molar-refractivity contribution < 1.29 is 19.1 Å². The van der Waals surface area contributed by atoms with E-state index in [0.717, 1.165) is 30.8 Å². The Balaban J connectivity index is 1.37.